The monoisotopic (exact) mass is 488 g/mol. The Kier molecular flexibility index (Phi) is 21.1. The van der Waals surface area contributed by atoms with E-state index in [2.05, 4.69) is 35.0 Å². The van der Waals surface area contributed by atoms with Crippen molar-refractivity contribution >= 4 is 28.0 Å². The lowest BCUT2D eigenvalue weighted by molar-refractivity contribution is -0.137. The summed E-state index contributed by atoms with van der Waals surface area (Å²) in [4.78, 5) is 10.9. The van der Waals surface area contributed by atoms with Gasteiger partial charge in [-0.15, -0.1) is 15.3 Å². The Labute approximate surface area is 191 Å². The fourth-order valence-corrected chi connectivity index (χ4v) is 5.64. The zero-order valence-corrected chi connectivity index (χ0v) is 22.2. The molecule has 0 aromatic heterocycles. The Bertz CT molecular complexity index is 380. The highest BCUT2D eigenvalue weighted by Gasteiger charge is 2.14. The maximum atomic E-state index is 10.9. The van der Waals surface area contributed by atoms with E-state index < -0.39 is 6.69 Å². The van der Waals surface area contributed by atoms with E-state index in [1.807, 2.05) is 0 Å². The molecule has 0 aromatic rings. The van der Waals surface area contributed by atoms with Crippen LogP contribution < -0.4 is 0 Å². The molecule has 0 radical (unpaired) electrons. The molecule has 0 heterocycles. The van der Waals surface area contributed by atoms with Gasteiger partial charge in [-0.1, -0.05) is 129 Å². The lowest BCUT2D eigenvalue weighted by Gasteiger charge is -2.12. The summed E-state index contributed by atoms with van der Waals surface area (Å²) in [5.41, 5.74) is 0. The van der Waals surface area contributed by atoms with Crippen LogP contribution in [-0.2, 0) is 9.53 Å². The standard InChI is InChI=1S/C25H49BrO2Si/c1-4-25(27)28-23-21-19-17-15-13-11-9-7-5-6-8-10-12-14-16-18-20-22-24-29(2,3)26/h4H,1,5-24H2,2-3H3. The molecule has 0 rings (SSSR count). The summed E-state index contributed by atoms with van der Waals surface area (Å²) < 4.78 is 4.98. The third-order valence-electron chi connectivity index (χ3n) is 5.58. The van der Waals surface area contributed by atoms with E-state index in [1.165, 1.54) is 121 Å². The second kappa shape index (κ2) is 21.2. The van der Waals surface area contributed by atoms with Crippen molar-refractivity contribution in [3.63, 3.8) is 0 Å². The van der Waals surface area contributed by atoms with Crippen LogP contribution in [0.1, 0.15) is 116 Å². The fourth-order valence-electron chi connectivity index (χ4n) is 3.71. The van der Waals surface area contributed by atoms with Gasteiger partial charge < -0.3 is 4.74 Å². The molecule has 0 atom stereocenters. The second-order valence-electron chi connectivity index (χ2n) is 9.20. The predicted molar refractivity (Wildman–Crippen MR) is 135 cm³/mol. The minimum absolute atomic E-state index is 0.299. The Morgan fingerprint density at radius 2 is 1.00 bits per heavy atom. The molecule has 0 unspecified atom stereocenters. The first-order valence-electron chi connectivity index (χ1n) is 12.4. The van der Waals surface area contributed by atoms with E-state index in [-0.39, 0.29) is 5.97 Å². The van der Waals surface area contributed by atoms with E-state index >= 15 is 0 Å². The van der Waals surface area contributed by atoms with Gasteiger partial charge in [-0.25, -0.2) is 4.79 Å². The number of carbonyl (C=O) groups excluding carboxylic acids is 1. The molecule has 0 spiro atoms. The van der Waals surface area contributed by atoms with Crippen molar-refractivity contribution < 1.29 is 9.53 Å². The van der Waals surface area contributed by atoms with Crippen molar-refractivity contribution in [3.05, 3.63) is 12.7 Å². The van der Waals surface area contributed by atoms with Gasteiger partial charge in [0.25, 0.3) is 0 Å². The van der Waals surface area contributed by atoms with Crippen molar-refractivity contribution in [2.24, 2.45) is 0 Å². The molecule has 0 saturated carbocycles. The highest BCUT2D eigenvalue weighted by Crippen LogP contribution is 2.21. The molecule has 0 fully saturated rings. The van der Waals surface area contributed by atoms with Gasteiger partial charge in [-0.2, -0.15) is 0 Å². The first-order valence-corrected chi connectivity index (χ1v) is 17.9. The van der Waals surface area contributed by atoms with Crippen molar-refractivity contribution in [1.29, 1.82) is 0 Å². The van der Waals surface area contributed by atoms with Crippen LogP contribution in [0.2, 0.25) is 19.1 Å². The van der Waals surface area contributed by atoms with E-state index in [4.69, 9.17) is 4.74 Å². The van der Waals surface area contributed by atoms with Crippen LogP contribution >= 0.6 is 15.3 Å². The van der Waals surface area contributed by atoms with Gasteiger partial charge in [0.15, 0.2) is 0 Å². The van der Waals surface area contributed by atoms with Crippen molar-refractivity contribution in [2.75, 3.05) is 6.61 Å². The van der Waals surface area contributed by atoms with Gasteiger partial charge in [-0.05, 0) is 12.5 Å². The van der Waals surface area contributed by atoms with Crippen LogP contribution in [-0.4, -0.2) is 19.3 Å². The van der Waals surface area contributed by atoms with Gasteiger partial charge in [0, 0.05) is 6.08 Å². The van der Waals surface area contributed by atoms with Crippen LogP contribution in [0.15, 0.2) is 12.7 Å². The number of halogens is 1. The molecular weight excluding hydrogens is 440 g/mol. The summed E-state index contributed by atoms with van der Waals surface area (Å²) in [6.07, 6.45) is 26.0. The zero-order valence-electron chi connectivity index (χ0n) is 19.6. The molecule has 0 saturated heterocycles. The molecule has 0 aromatic carbocycles. The van der Waals surface area contributed by atoms with E-state index in [9.17, 15) is 4.79 Å². The summed E-state index contributed by atoms with van der Waals surface area (Å²) in [6.45, 7) is 7.77. The maximum absolute atomic E-state index is 10.9. The quantitative estimate of drug-likeness (QED) is 0.0498. The Morgan fingerprint density at radius 1 is 0.690 bits per heavy atom. The number of esters is 1. The summed E-state index contributed by atoms with van der Waals surface area (Å²) in [6, 6.07) is 1.43. The number of hydrogen-bond acceptors (Lipinski definition) is 2. The normalized spacial score (nSPS) is 11.6. The molecule has 2 nitrogen and oxygen atoms in total. The Balaban J connectivity index is 3.07. The SMILES string of the molecule is C=CC(=O)OCCCCCCCCCCCCCCCCCCCC[Si](C)(C)Br. The largest absolute Gasteiger partial charge is 0.463 e. The number of ether oxygens (including phenoxy) is 1. The predicted octanol–water partition coefficient (Wildman–Crippen LogP) is 9.34. The van der Waals surface area contributed by atoms with Crippen LogP contribution in [0.3, 0.4) is 0 Å². The topological polar surface area (TPSA) is 26.3 Å². The van der Waals surface area contributed by atoms with Gasteiger partial charge in [0.2, 0.25) is 0 Å². The number of hydrogen-bond donors (Lipinski definition) is 0. The average molecular weight is 490 g/mol. The van der Waals surface area contributed by atoms with Crippen molar-refractivity contribution in [2.45, 2.75) is 135 Å². The number of rotatable bonds is 22. The molecule has 4 heteroatoms. The molecule has 0 aliphatic rings. The van der Waals surface area contributed by atoms with Gasteiger partial charge in [0.1, 0.15) is 6.69 Å². The minimum Gasteiger partial charge on any atom is -0.463 e. The summed E-state index contributed by atoms with van der Waals surface area (Å²) in [7, 11) is 0. The molecular formula is C25H49BrO2Si. The van der Waals surface area contributed by atoms with E-state index in [1.54, 1.807) is 0 Å². The number of carbonyl (C=O) groups is 1. The minimum atomic E-state index is -0.979. The highest BCUT2D eigenvalue weighted by molar-refractivity contribution is 9.26. The van der Waals surface area contributed by atoms with Crippen molar-refractivity contribution in [3.8, 4) is 0 Å². The fraction of sp³-hybridized carbons (Fsp3) is 0.880. The number of unbranched alkanes of at least 4 members (excludes halogenated alkanes) is 17. The molecule has 0 aliphatic heterocycles. The summed E-state index contributed by atoms with van der Waals surface area (Å²) in [5, 5.41) is 0. The van der Waals surface area contributed by atoms with Crippen LogP contribution in [0.25, 0.3) is 0 Å². The third-order valence-corrected chi connectivity index (χ3v) is 8.31. The van der Waals surface area contributed by atoms with Crippen molar-refractivity contribution in [1.82, 2.24) is 0 Å². The van der Waals surface area contributed by atoms with Gasteiger partial charge >= 0.3 is 5.97 Å². The van der Waals surface area contributed by atoms with Crippen LogP contribution in [0, 0.1) is 0 Å². The van der Waals surface area contributed by atoms with Crippen LogP contribution in [0.5, 0.6) is 0 Å². The molecule has 0 amide bonds. The molecule has 0 N–H and O–H groups in total. The molecule has 0 bridgehead atoms. The van der Waals surface area contributed by atoms with Gasteiger partial charge in [-0.3, -0.25) is 0 Å². The summed E-state index contributed by atoms with van der Waals surface area (Å²) >= 11 is 3.86. The zero-order chi connectivity index (χ0) is 21.6. The average Bonchev–Trinajstić information content (AvgIpc) is 2.68. The molecule has 29 heavy (non-hydrogen) atoms. The van der Waals surface area contributed by atoms with Gasteiger partial charge in [0.05, 0.1) is 6.61 Å². The summed E-state index contributed by atoms with van der Waals surface area (Å²) in [5.74, 6) is -0.299. The smallest absolute Gasteiger partial charge is 0.330 e. The van der Waals surface area contributed by atoms with E-state index in [0.29, 0.717) is 6.61 Å². The Hall–Kier alpha value is -0.0931. The molecule has 0 aliphatic carbocycles. The Morgan fingerprint density at radius 3 is 1.31 bits per heavy atom. The third kappa shape index (κ3) is 25.9. The van der Waals surface area contributed by atoms with E-state index in [0.717, 1.165) is 6.42 Å². The van der Waals surface area contributed by atoms with Crippen LogP contribution in [0.4, 0.5) is 0 Å². The first kappa shape index (κ1) is 28.9. The first-order chi connectivity index (χ1) is 14.0. The lowest BCUT2D eigenvalue weighted by atomic mass is 10.0. The second-order valence-corrected chi connectivity index (χ2v) is 19.6. The maximum Gasteiger partial charge on any atom is 0.330 e. The molecule has 172 valence electrons. The lowest BCUT2D eigenvalue weighted by Crippen LogP contribution is -2.13. The highest BCUT2D eigenvalue weighted by atomic mass is 79.9.